The van der Waals surface area contributed by atoms with Crippen molar-refractivity contribution in [1.82, 2.24) is 10.6 Å². The van der Waals surface area contributed by atoms with Crippen LogP contribution in [0.1, 0.15) is 58.6 Å². The predicted molar refractivity (Wildman–Crippen MR) is 168 cm³/mol. The molecule has 2 amide bonds. The van der Waals surface area contributed by atoms with Crippen LogP contribution in [0, 0.1) is 11.2 Å². The van der Waals surface area contributed by atoms with Crippen LogP contribution in [0.2, 0.25) is 5.02 Å². The van der Waals surface area contributed by atoms with E-state index in [1.807, 2.05) is 7.05 Å². The summed E-state index contributed by atoms with van der Waals surface area (Å²) in [6, 6.07) is 8.54. The molecule has 0 saturated heterocycles. The Morgan fingerprint density at radius 1 is 1.21 bits per heavy atom. The summed E-state index contributed by atoms with van der Waals surface area (Å²) in [7, 11) is 0.878. The van der Waals surface area contributed by atoms with E-state index in [2.05, 4.69) is 24.5 Å². The Balaban J connectivity index is 1.74. The summed E-state index contributed by atoms with van der Waals surface area (Å²) in [6.07, 6.45) is 1.07. The Hall–Kier alpha value is -2.36. The summed E-state index contributed by atoms with van der Waals surface area (Å²) >= 11 is 6.07. The van der Waals surface area contributed by atoms with Crippen molar-refractivity contribution < 1.29 is 27.7 Å². The number of hydrogen-bond acceptors (Lipinski definition) is 6. The summed E-state index contributed by atoms with van der Waals surface area (Å²) in [4.78, 5) is 28.1. The molecule has 8 nitrogen and oxygen atoms in total. The Morgan fingerprint density at radius 2 is 1.88 bits per heavy atom. The Labute approximate surface area is 255 Å². The number of halogens is 2. The van der Waals surface area contributed by atoms with E-state index in [9.17, 15) is 13.8 Å². The molecule has 226 valence electrons. The number of fused-ring (bicyclic) bond motifs is 1. The standard InChI is InChI=1S/C30H36ClFN3O5PS/c1-29(2,3)40-28(37)34-22-17-42(38)24-15-21(32)20(26-39-27(41-26)30(4,5)12-7-13-33-6)14-23(24)35(25(22)36)16-18-8-10-19(31)11-9-18/h8-11,14-15,22,33H,7,12-13,16-17H2,1-6H3/p+1/t22-,42?/m0/s1. The number of alkyl carbamates (subject to hydrolysis) is 1. The van der Waals surface area contributed by atoms with Crippen molar-refractivity contribution in [2.45, 2.75) is 70.5 Å². The molecule has 0 fully saturated rings. The van der Waals surface area contributed by atoms with Gasteiger partial charge in [0, 0.05) is 0 Å². The fourth-order valence-corrected chi connectivity index (χ4v) is 7.13. The van der Waals surface area contributed by atoms with Gasteiger partial charge in [0.25, 0.3) is 0 Å². The van der Waals surface area contributed by atoms with Crippen LogP contribution in [0.3, 0.4) is 0 Å². The quantitative estimate of drug-likeness (QED) is 0.273. The van der Waals surface area contributed by atoms with Gasteiger partial charge in [-0.2, -0.15) is 0 Å². The first-order valence-corrected chi connectivity index (χ1v) is 16.3. The summed E-state index contributed by atoms with van der Waals surface area (Å²) in [5.74, 6) is -1.31. The number of rotatable bonds is 9. The molecule has 2 atom stereocenters. The van der Waals surface area contributed by atoms with Crippen LogP contribution in [-0.4, -0.2) is 58.2 Å². The van der Waals surface area contributed by atoms with E-state index >= 15 is 4.39 Å². The zero-order valence-electron chi connectivity index (χ0n) is 24.7. The van der Waals surface area contributed by atoms with Gasteiger partial charge in [-0.25, -0.2) is 0 Å². The average molecular weight is 637 g/mol. The summed E-state index contributed by atoms with van der Waals surface area (Å²) in [5.41, 5.74) is 1.55. The van der Waals surface area contributed by atoms with E-state index in [1.165, 1.54) is 17.0 Å². The maximum atomic E-state index is 15.6. The molecule has 0 saturated carbocycles. The van der Waals surface area contributed by atoms with Crippen LogP contribution in [0.4, 0.5) is 14.9 Å². The molecule has 4 rings (SSSR count). The second-order valence-corrected chi connectivity index (χ2v) is 14.9. The SMILES string of the molecule is CNCCCC(C)(C)C1=[P+]=C(c2cc3c(cc2F)S(=O)C[C@H](NC(=O)OC(C)(C)C)C(=O)N3Cc2ccc(Cl)cc2)O1. The van der Waals surface area contributed by atoms with Crippen molar-refractivity contribution in [1.29, 1.82) is 0 Å². The fraction of sp³-hybridized carbons (Fsp3) is 0.467. The van der Waals surface area contributed by atoms with E-state index in [0.717, 1.165) is 38.3 Å². The number of carbonyl (C=O) groups excluding carboxylic acids is 2. The second-order valence-electron chi connectivity index (χ2n) is 12.0. The third-order valence-electron chi connectivity index (χ3n) is 6.85. The number of nitrogens with zero attached hydrogens (tertiary/aromatic N) is 1. The Bertz CT molecular complexity index is 1470. The number of amides is 2. The summed E-state index contributed by atoms with van der Waals surface area (Å²) in [5, 5.41) is 6.26. The van der Waals surface area contributed by atoms with Crippen LogP contribution in [0.5, 0.6) is 0 Å². The number of benzene rings is 2. The Morgan fingerprint density at radius 3 is 2.50 bits per heavy atom. The molecule has 2 aliphatic rings. The molecule has 12 heteroatoms. The van der Waals surface area contributed by atoms with E-state index in [0.29, 0.717) is 16.2 Å². The minimum absolute atomic E-state index is 0.0849. The molecule has 0 bridgehead atoms. The predicted octanol–water partition coefficient (Wildman–Crippen LogP) is 5.64. The van der Waals surface area contributed by atoms with Crippen molar-refractivity contribution in [3.05, 3.63) is 58.4 Å². The van der Waals surface area contributed by atoms with Crippen LogP contribution >= 0.6 is 19.4 Å². The third-order valence-corrected chi connectivity index (χ3v) is 9.99. The molecule has 2 aromatic carbocycles. The van der Waals surface area contributed by atoms with Crippen molar-refractivity contribution in [2.75, 3.05) is 24.2 Å². The first-order valence-electron chi connectivity index (χ1n) is 13.7. The van der Waals surface area contributed by atoms with Gasteiger partial charge >= 0.3 is 256 Å². The molecule has 1 unspecified atom stereocenters. The van der Waals surface area contributed by atoms with Gasteiger partial charge < -0.3 is 0 Å². The molecule has 0 radical (unpaired) electrons. The maximum absolute atomic E-state index is 15.6. The van der Waals surface area contributed by atoms with Crippen molar-refractivity contribution in [3.8, 4) is 0 Å². The van der Waals surface area contributed by atoms with Gasteiger partial charge in [-0.3, -0.25) is 0 Å². The van der Waals surface area contributed by atoms with Gasteiger partial charge in [-0.05, 0) is 0 Å². The van der Waals surface area contributed by atoms with Crippen molar-refractivity contribution >= 4 is 58.9 Å². The summed E-state index contributed by atoms with van der Waals surface area (Å²) < 4.78 is 40.5. The van der Waals surface area contributed by atoms with Crippen LogP contribution < -0.4 is 15.5 Å². The van der Waals surface area contributed by atoms with E-state index in [4.69, 9.17) is 21.1 Å². The summed E-state index contributed by atoms with van der Waals surface area (Å²) in [6.45, 7) is 10.3. The molecule has 2 heterocycles. The minimum atomic E-state index is -1.80. The van der Waals surface area contributed by atoms with Gasteiger partial charge in [0.1, 0.15) is 0 Å². The van der Waals surface area contributed by atoms with Crippen molar-refractivity contribution in [3.63, 3.8) is 0 Å². The Kier molecular flexibility index (Phi) is 10.2. The van der Waals surface area contributed by atoms with E-state index < -0.39 is 40.3 Å². The van der Waals surface area contributed by atoms with Gasteiger partial charge in [0.2, 0.25) is 0 Å². The second kappa shape index (κ2) is 13.1. The normalized spacial score (nSPS) is 19.0. The molecule has 2 aromatic rings. The molecule has 0 spiro atoms. The third kappa shape index (κ3) is 7.77. The zero-order chi connectivity index (χ0) is 30.8. The number of anilines is 1. The first kappa shape index (κ1) is 32.6. The molecule has 2 N–H and O–H groups in total. The van der Waals surface area contributed by atoms with E-state index in [1.54, 1.807) is 45.0 Å². The number of nitrogens with one attached hydrogen (secondary N) is 2. The molecule has 0 aromatic heterocycles. The zero-order valence-corrected chi connectivity index (χ0v) is 27.1. The monoisotopic (exact) mass is 636 g/mol. The van der Waals surface area contributed by atoms with Crippen LogP contribution in [0.15, 0.2) is 41.3 Å². The van der Waals surface area contributed by atoms with Crippen molar-refractivity contribution in [2.24, 2.45) is 5.41 Å². The number of carbonyl (C=O) groups is 2. The van der Waals surface area contributed by atoms with Crippen LogP contribution in [0.25, 0.3) is 0 Å². The molecular formula is C30H37ClFN3O5PS+. The topological polar surface area (TPSA) is 97.0 Å². The molecular weight excluding hydrogens is 600 g/mol. The van der Waals surface area contributed by atoms with Gasteiger partial charge in [-0.15, -0.1) is 0 Å². The number of hydrogen-bond donors (Lipinski definition) is 2. The molecule has 2 aliphatic heterocycles. The fourth-order valence-electron chi connectivity index (χ4n) is 4.62. The van der Waals surface area contributed by atoms with Gasteiger partial charge in [0.15, 0.2) is 0 Å². The van der Waals surface area contributed by atoms with Crippen LogP contribution in [-0.2, 0) is 31.6 Å². The van der Waals surface area contributed by atoms with Gasteiger partial charge in [-0.1, -0.05) is 0 Å². The molecule has 42 heavy (non-hydrogen) atoms. The first-order chi connectivity index (χ1) is 19.7. The van der Waals surface area contributed by atoms with Gasteiger partial charge in [0.05, 0.1) is 0 Å². The number of ether oxygens (including phenoxy) is 2. The molecule has 0 aliphatic carbocycles. The average Bonchev–Trinajstić information content (AvgIpc) is 2.94. The van der Waals surface area contributed by atoms with E-state index in [-0.39, 0.29) is 28.2 Å².